The number of unbranched alkanes of at least 4 members (excludes halogenated alkanes) is 1. The molecular weight excluding hydrogens is 503 g/mol. The van der Waals surface area contributed by atoms with E-state index in [9.17, 15) is 18.0 Å². The first-order valence-corrected chi connectivity index (χ1v) is 12.0. The first-order valence-electron chi connectivity index (χ1n) is 12.0. The number of nitrogens with one attached hydrogen (secondary N) is 3. The van der Waals surface area contributed by atoms with Gasteiger partial charge in [-0.05, 0) is 74.2 Å². The van der Waals surface area contributed by atoms with Gasteiger partial charge in [-0.15, -0.1) is 0 Å². The van der Waals surface area contributed by atoms with Crippen molar-refractivity contribution in [1.82, 2.24) is 15.0 Å². The third-order valence-electron chi connectivity index (χ3n) is 5.84. The van der Waals surface area contributed by atoms with Crippen LogP contribution in [0.3, 0.4) is 0 Å². The summed E-state index contributed by atoms with van der Waals surface area (Å²) < 4.78 is 43.1. The molecule has 1 fully saturated rings. The molecule has 0 spiro atoms. The Morgan fingerprint density at radius 1 is 1.03 bits per heavy atom. The highest BCUT2D eigenvalue weighted by atomic mass is 19.4. The number of halogens is 3. The molecule has 1 heterocycles. The minimum atomic E-state index is -4.57. The summed E-state index contributed by atoms with van der Waals surface area (Å²) in [4.78, 5) is 23.4. The maximum Gasteiger partial charge on any atom is 0.422 e. The summed E-state index contributed by atoms with van der Waals surface area (Å²) in [6.07, 6.45) is -1.16. The van der Waals surface area contributed by atoms with Gasteiger partial charge in [0.05, 0.1) is 11.1 Å². The number of hydrogen-bond acceptors (Lipinski definition) is 9. The number of carboxylic acid groups (broad SMARTS) is 1. The molecule has 10 nitrogen and oxygen atoms in total. The normalized spacial score (nSPS) is 14.0. The molecule has 202 valence electrons. The summed E-state index contributed by atoms with van der Waals surface area (Å²) in [6.45, 7) is -0.136. The van der Waals surface area contributed by atoms with Crippen molar-refractivity contribution < 1.29 is 27.8 Å². The number of rotatable bonds is 13. The predicted octanol–water partition coefficient (Wildman–Crippen LogP) is 4.51. The van der Waals surface area contributed by atoms with Gasteiger partial charge >= 0.3 is 18.2 Å². The summed E-state index contributed by atoms with van der Waals surface area (Å²) in [6, 6.07) is 13.1. The lowest BCUT2D eigenvalue weighted by Crippen LogP contribution is -2.23. The molecule has 0 unspecified atom stereocenters. The first kappa shape index (κ1) is 26.9. The molecule has 2 aromatic carbocycles. The maximum absolute atomic E-state index is 12.8. The fourth-order valence-corrected chi connectivity index (χ4v) is 3.76. The molecule has 4 rings (SSSR count). The molecule has 38 heavy (non-hydrogen) atoms. The van der Waals surface area contributed by atoms with E-state index < -0.39 is 30.3 Å². The lowest BCUT2D eigenvalue weighted by Gasteiger charge is -2.20. The van der Waals surface area contributed by atoms with Crippen LogP contribution in [0.25, 0.3) is 0 Å². The number of hydrogen-bond donors (Lipinski definition) is 5. The number of anilines is 4. The van der Waals surface area contributed by atoms with E-state index in [1.165, 1.54) is 24.3 Å². The molecule has 0 aliphatic heterocycles. The minimum Gasteiger partial charge on any atom is -0.478 e. The van der Waals surface area contributed by atoms with Crippen LogP contribution in [0.15, 0.2) is 48.5 Å². The van der Waals surface area contributed by atoms with Gasteiger partial charge in [-0.1, -0.05) is 12.1 Å². The van der Waals surface area contributed by atoms with Crippen LogP contribution in [-0.4, -0.2) is 51.9 Å². The number of ether oxygens (including phenoxy) is 1. The van der Waals surface area contributed by atoms with Gasteiger partial charge in [0.25, 0.3) is 0 Å². The fourth-order valence-electron chi connectivity index (χ4n) is 3.76. The van der Waals surface area contributed by atoms with Crippen LogP contribution < -0.4 is 26.4 Å². The Bertz CT molecular complexity index is 1250. The zero-order valence-electron chi connectivity index (χ0n) is 20.4. The molecule has 1 aliphatic rings. The Morgan fingerprint density at radius 2 is 1.76 bits per heavy atom. The Balaban J connectivity index is 1.54. The SMILES string of the molecule is NCCCCNc1cccc(C2(Nc3nc(Nc4ccc(C(=O)O)cc4)nc(OCC(F)(F)F)n3)CC2)c1. The highest BCUT2D eigenvalue weighted by molar-refractivity contribution is 5.88. The molecule has 0 amide bonds. The molecule has 0 saturated heterocycles. The number of carbonyl (C=O) groups is 1. The average Bonchev–Trinajstić information content (AvgIpc) is 3.66. The lowest BCUT2D eigenvalue weighted by molar-refractivity contribution is -0.154. The van der Waals surface area contributed by atoms with Crippen LogP contribution in [0.5, 0.6) is 6.01 Å². The van der Waals surface area contributed by atoms with E-state index in [-0.39, 0.29) is 17.5 Å². The molecule has 1 aromatic heterocycles. The zero-order valence-corrected chi connectivity index (χ0v) is 20.4. The van der Waals surface area contributed by atoms with Crippen molar-refractivity contribution in [3.8, 4) is 6.01 Å². The number of alkyl halides is 3. The van der Waals surface area contributed by atoms with Crippen molar-refractivity contribution in [3.05, 3.63) is 59.7 Å². The topological polar surface area (TPSA) is 147 Å². The van der Waals surface area contributed by atoms with Crippen LogP contribution in [0.4, 0.5) is 36.4 Å². The van der Waals surface area contributed by atoms with E-state index in [1.807, 2.05) is 24.3 Å². The smallest absolute Gasteiger partial charge is 0.422 e. The molecule has 13 heteroatoms. The number of carboxylic acids is 1. The van der Waals surface area contributed by atoms with E-state index in [2.05, 4.69) is 30.9 Å². The van der Waals surface area contributed by atoms with Crippen molar-refractivity contribution in [3.63, 3.8) is 0 Å². The molecule has 1 aliphatic carbocycles. The summed E-state index contributed by atoms with van der Waals surface area (Å²) in [5.41, 5.74) is 7.51. The van der Waals surface area contributed by atoms with Gasteiger partial charge in [-0.3, -0.25) is 0 Å². The fraction of sp³-hybridized carbons (Fsp3) is 0.360. The van der Waals surface area contributed by atoms with Crippen LogP contribution in [0.2, 0.25) is 0 Å². The standard InChI is InChI=1S/C25H28F3N7O3/c26-25(27,28)15-38-23-33-21(31-18-8-6-16(7-9-18)20(36)37)32-22(34-23)35-24(10-11-24)17-4-3-5-19(14-17)30-13-2-1-12-29/h3-9,14,30H,1-2,10-13,15,29H2,(H,36,37)(H2,31,32,33,34,35). The Hall–Kier alpha value is -4.13. The van der Waals surface area contributed by atoms with Crippen molar-refractivity contribution in [2.75, 3.05) is 35.6 Å². The zero-order chi connectivity index (χ0) is 27.2. The monoisotopic (exact) mass is 531 g/mol. The van der Waals surface area contributed by atoms with E-state index in [1.54, 1.807) is 0 Å². The Morgan fingerprint density at radius 3 is 2.42 bits per heavy atom. The van der Waals surface area contributed by atoms with Gasteiger partial charge in [-0.2, -0.15) is 28.1 Å². The summed E-state index contributed by atoms with van der Waals surface area (Å²) >= 11 is 0. The molecule has 0 bridgehead atoms. The van der Waals surface area contributed by atoms with Crippen molar-refractivity contribution >= 4 is 29.2 Å². The van der Waals surface area contributed by atoms with Crippen LogP contribution in [0.1, 0.15) is 41.6 Å². The van der Waals surface area contributed by atoms with Crippen molar-refractivity contribution in [1.29, 1.82) is 0 Å². The number of nitrogens with two attached hydrogens (primary N) is 1. The number of aromatic carboxylic acids is 1. The van der Waals surface area contributed by atoms with Gasteiger partial charge in [0, 0.05) is 17.9 Å². The Kier molecular flexibility index (Phi) is 8.15. The van der Waals surface area contributed by atoms with E-state index >= 15 is 0 Å². The Labute approximate surface area is 216 Å². The number of benzene rings is 2. The first-order chi connectivity index (χ1) is 18.2. The third-order valence-corrected chi connectivity index (χ3v) is 5.84. The summed E-state index contributed by atoms with van der Waals surface area (Å²) in [5.74, 6) is -1.11. The largest absolute Gasteiger partial charge is 0.478 e. The molecule has 0 radical (unpaired) electrons. The van der Waals surface area contributed by atoms with E-state index in [0.29, 0.717) is 12.2 Å². The number of nitrogens with zero attached hydrogens (tertiary/aromatic N) is 3. The molecule has 0 atom stereocenters. The predicted molar refractivity (Wildman–Crippen MR) is 136 cm³/mol. The highest BCUT2D eigenvalue weighted by Gasteiger charge is 2.45. The molecular formula is C25H28F3N7O3. The van der Waals surface area contributed by atoms with Crippen LogP contribution >= 0.6 is 0 Å². The number of aromatic nitrogens is 3. The summed E-state index contributed by atoms with van der Waals surface area (Å²) in [5, 5.41) is 18.6. The summed E-state index contributed by atoms with van der Waals surface area (Å²) in [7, 11) is 0. The van der Waals surface area contributed by atoms with Crippen molar-refractivity contribution in [2.24, 2.45) is 5.73 Å². The third kappa shape index (κ3) is 7.44. The second-order valence-corrected chi connectivity index (χ2v) is 8.89. The van der Waals surface area contributed by atoms with Gasteiger partial charge < -0.3 is 31.5 Å². The molecule has 3 aromatic rings. The lowest BCUT2D eigenvalue weighted by atomic mass is 10.0. The second-order valence-electron chi connectivity index (χ2n) is 8.89. The van der Waals surface area contributed by atoms with Gasteiger partial charge in [0.1, 0.15) is 0 Å². The van der Waals surface area contributed by atoms with Gasteiger partial charge in [0.15, 0.2) is 6.61 Å². The molecule has 6 N–H and O–H groups in total. The van der Waals surface area contributed by atoms with Gasteiger partial charge in [0.2, 0.25) is 11.9 Å². The molecule has 1 saturated carbocycles. The van der Waals surface area contributed by atoms with Crippen LogP contribution in [-0.2, 0) is 5.54 Å². The highest BCUT2D eigenvalue weighted by Crippen LogP contribution is 2.48. The average molecular weight is 532 g/mol. The minimum absolute atomic E-state index is 0.0423. The van der Waals surface area contributed by atoms with Gasteiger partial charge in [-0.25, -0.2) is 4.79 Å². The van der Waals surface area contributed by atoms with E-state index in [4.69, 9.17) is 15.6 Å². The van der Waals surface area contributed by atoms with E-state index in [0.717, 1.165) is 43.5 Å². The quantitative estimate of drug-likeness (QED) is 0.200. The van der Waals surface area contributed by atoms with Crippen molar-refractivity contribution in [2.45, 2.75) is 37.4 Å². The second kappa shape index (κ2) is 11.5. The maximum atomic E-state index is 12.8. The van der Waals surface area contributed by atoms with Crippen LogP contribution in [0, 0.1) is 0 Å².